The van der Waals surface area contributed by atoms with Gasteiger partial charge in [0, 0.05) is 24.3 Å². The first-order chi connectivity index (χ1) is 9.47. The standard InChI is InChI=1S/C15H20N2O3/c1-9-4-5-10(8-17-9)19-13-12-11(6-7-16-13)15(2,3)20-14(12)18/h6-7,9-10,17H,4-5,8H2,1-3H3/t9-,10-/m1/s1. The predicted octanol–water partition coefficient (Wildman–Crippen LogP) is 2.01. The van der Waals surface area contributed by atoms with Gasteiger partial charge in [0.05, 0.1) is 0 Å². The van der Waals surface area contributed by atoms with Crippen molar-refractivity contribution in [2.24, 2.45) is 0 Å². The topological polar surface area (TPSA) is 60.5 Å². The van der Waals surface area contributed by atoms with Crippen LogP contribution in [0.15, 0.2) is 12.3 Å². The molecular weight excluding hydrogens is 256 g/mol. The van der Waals surface area contributed by atoms with Crippen molar-refractivity contribution in [3.8, 4) is 5.88 Å². The number of nitrogens with zero attached hydrogens (tertiary/aromatic N) is 1. The number of cyclic esters (lactones) is 1. The normalized spacial score (nSPS) is 27.9. The fourth-order valence-corrected chi connectivity index (χ4v) is 2.80. The number of piperidine rings is 1. The average Bonchev–Trinajstić information content (AvgIpc) is 2.64. The lowest BCUT2D eigenvalue weighted by Gasteiger charge is -2.28. The Morgan fingerprint density at radius 2 is 2.25 bits per heavy atom. The maximum Gasteiger partial charge on any atom is 0.344 e. The molecule has 20 heavy (non-hydrogen) atoms. The summed E-state index contributed by atoms with van der Waals surface area (Å²) in [5.41, 5.74) is 0.730. The van der Waals surface area contributed by atoms with Crippen molar-refractivity contribution in [2.75, 3.05) is 6.54 Å². The molecule has 1 fully saturated rings. The van der Waals surface area contributed by atoms with Crippen LogP contribution in [0.2, 0.25) is 0 Å². The summed E-state index contributed by atoms with van der Waals surface area (Å²) in [6.45, 7) is 6.70. The summed E-state index contributed by atoms with van der Waals surface area (Å²) in [5, 5.41) is 3.38. The molecule has 0 amide bonds. The quantitative estimate of drug-likeness (QED) is 0.837. The smallest absolute Gasteiger partial charge is 0.344 e. The van der Waals surface area contributed by atoms with Crippen LogP contribution in [0, 0.1) is 0 Å². The number of carbonyl (C=O) groups is 1. The fraction of sp³-hybridized carbons (Fsp3) is 0.600. The second kappa shape index (κ2) is 4.74. The average molecular weight is 276 g/mol. The molecule has 0 bridgehead atoms. The lowest BCUT2D eigenvalue weighted by atomic mass is 9.97. The number of pyridine rings is 1. The molecule has 2 atom stereocenters. The largest absolute Gasteiger partial charge is 0.472 e. The number of rotatable bonds is 2. The number of ether oxygens (including phenoxy) is 2. The van der Waals surface area contributed by atoms with Crippen LogP contribution in [-0.2, 0) is 10.3 Å². The summed E-state index contributed by atoms with van der Waals surface area (Å²) < 4.78 is 11.3. The van der Waals surface area contributed by atoms with Gasteiger partial charge in [-0.05, 0) is 39.7 Å². The Morgan fingerprint density at radius 1 is 1.45 bits per heavy atom. The van der Waals surface area contributed by atoms with E-state index in [0.29, 0.717) is 17.5 Å². The summed E-state index contributed by atoms with van der Waals surface area (Å²) >= 11 is 0. The van der Waals surface area contributed by atoms with Gasteiger partial charge in [-0.15, -0.1) is 0 Å². The van der Waals surface area contributed by atoms with Crippen molar-refractivity contribution in [3.63, 3.8) is 0 Å². The zero-order valence-electron chi connectivity index (χ0n) is 12.1. The first-order valence-corrected chi connectivity index (χ1v) is 7.10. The van der Waals surface area contributed by atoms with Crippen LogP contribution in [-0.4, -0.2) is 29.6 Å². The van der Waals surface area contributed by atoms with Gasteiger partial charge >= 0.3 is 5.97 Å². The minimum absolute atomic E-state index is 0.0571. The zero-order chi connectivity index (χ0) is 14.3. The van der Waals surface area contributed by atoms with E-state index in [2.05, 4.69) is 17.2 Å². The van der Waals surface area contributed by atoms with Crippen LogP contribution in [0.5, 0.6) is 5.88 Å². The van der Waals surface area contributed by atoms with E-state index in [1.807, 2.05) is 19.9 Å². The molecule has 0 saturated carbocycles. The minimum atomic E-state index is -0.604. The van der Waals surface area contributed by atoms with Crippen molar-refractivity contribution in [3.05, 3.63) is 23.4 Å². The number of nitrogens with one attached hydrogen (secondary N) is 1. The summed E-state index contributed by atoms with van der Waals surface area (Å²) in [6.07, 6.45) is 3.77. The molecule has 108 valence electrons. The Labute approximate surface area is 118 Å². The molecule has 5 nitrogen and oxygen atoms in total. The number of aromatic nitrogens is 1. The predicted molar refractivity (Wildman–Crippen MR) is 73.8 cm³/mol. The molecule has 1 saturated heterocycles. The van der Waals surface area contributed by atoms with E-state index in [9.17, 15) is 4.79 Å². The van der Waals surface area contributed by atoms with Gasteiger partial charge in [0.15, 0.2) is 0 Å². The first-order valence-electron chi connectivity index (χ1n) is 7.10. The highest BCUT2D eigenvalue weighted by atomic mass is 16.6. The van der Waals surface area contributed by atoms with Crippen molar-refractivity contribution in [1.29, 1.82) is 0 Å². The molecule has 1 N–H and O–H groups in total. The van der Waals surface area contributed by atoms with Gasteiger partial charge in [0.1, 0.15) is 17.3 Å². The lowest BCUT2D eigenvalue weighted by Crippen LogP contribution is -2.42. The van der Waals surface area contributed by atoms with Crippen LogP contribution in [0.25, 0.3) is 0 Å². The van der Waals surface area contributed by atoms with Crippen LogP contribution in [0.4, 0.5) is 0 Å². The Balaban J connectivity index is 1.85. The van der Waals surface area contributed by atoms with Crippen LogP contribution >= 0.6 is 0 Å². The van der Waals surface area contributed by atoms with Gasteiger partial charge in [-0.3, -0.25) is 0 Å². The molecule has 3 rings (SSSR count). The fourth-order valence-electron chi connectivity index (χ4n) is 2.80. The third-order valence-electron chi connectivity index (χ3n) is 4.01. The summed E-state index contributed by atoms with van der Waals surface area (Å²) in [5.74, 6) is 0.0599. The Morgan fingerprint density at radius 3 is 2.95 bits per heavy atom. The van der Waals surface area contributed by atoms with Gasteiger partial charge in [-0.2, -0.15) is 0 Å². The Bertz CT molecular complexity index is 534. The highest BCUT2D eigenvalue weighted by molar-refractivity contribution is 5.96. The van der Waals surface area contributed by atoms with E-state index in [1.165, 1.54) is 0 Å². The molecule has 0 unspecified atom stereocenters. The number of hydrogen-bond acceptors (Lipinski definition) is 5. The Hall–Kier alpha value is -1.62. The van der Waals surface area contributed by atoms with Crippen molar-refractivity contribution in [2.45, 2.75) is 51.4 Å². The second-order valence-corrected chi connectivity index (χ2v) is 6.07. The van der Waals surface area contributed by atoms with E-state index in [4.69, 9.17) is 9.47 Å². The van der Waals surface area contributed by atoms with Crippen molar-refractivity contribution >= 4 is 5.97 Å². The lowest BCUT2D eigenvalue weighted by molar-refractivity contribution is 0.00935. The molecule has 1 aromatic rings. The van der Waals surface area contributed by atoms with Crippen LogP contribution < -0.4 is 10.1 Å². The van der Waals surface area contributed by atoms with Crippen molar-refractivity contribution in [1.82, 2.24) is 10.3 Å². The third kappa shape index (κ3) is 2.26. The molecule has 5 heteroatoms. The van der Waals surface area contributed by atoms with Gasteiger partial charge in [0.2, 0.25) is 5.88 Å². The number of carbonyl (C=O) groups excluding carboxylic acids is 1. The van der Waals surface area contributed by atoms with E-state index in [0.717, 1.165) is 24.9 Å². The van der Waals surface area contributed by atoms with E-state index >= 15 is 0 Å². The molecule has 2 aliphatic heterocycles. The molecular formula is C15H20N2O3. The molecule has 0 radical (unpaired) electrons. The first kappa shape index (κ1) is 13.4. The molecule has 3 heterocycles. The SMILES string of the molecule is C[C@@H]1CC[C@@H](Oc2nccc3c2C(=O)OC3(C)C)CN1. The summed E-state index contributed by atoms with van der Waals surface area (Å²) in [6, 6.07) is 2.35. The maximum absolute atomic E-state index is 12.0. The summed E-state index contributed by atoms with van der Waals surface area (Å²) in [4.78, 5) is 16.3. The van der Waals surface area contributed by atoms with E-state index in [-0.39, 0.29) is 12.1 Å². The highest BCUT2D eigenvalue weighted by Crippen LogP contribution is 2.39. The van der Waals surface area contributed by atoms with E-state index < -0.39 is 5.60 Å². The Kier molecular flexibility index (Phi) is 3.17. The van der Waals surface area contributed by atoms with Gasteiger partial charge in [-0.25, -0.2) is 9.78 Å². The molecule has 0 spiro atoms. The zero-order valence-corrected chi connectivity index (χ0v) is 12.1. The molecule has 0 aromatic carbocycles. The third-order valence-corrected chi connectivity index (χ3v) is 4.01. The van der Waals surface area contributed by atoms with Crippen LogP contribution in [0.1, 0.15) is 49.5 Å². The molecule has 1 aromatic heterocycles. The molecule has 2 aliphatic rings. The monoisotopic (exact) mass is 276 g/mol. The summed E-state index contributed by atoms with van der Waals surface area (Å²) in [7, 11) is 0. The highest BCUT2D eigenvalue weighted by Gasteiger charge is 2.41. The number of esters is 1. The van der Waals surface area contributed by atoms with Crippen LogP contribution in [0.3, 0.4) is 0 Å². The minimum Gasteiger partial charge on any atom is -0.472 e. The molecule has 0 aliphatic carbocycles. The van der Waals surface area contributed by atoms with Crippen molar-refractivity contribution < 1.29 is 14.3 Å². The van der Waals surface area contributed by atoms with E-state index in [1.54, 1.807) is 6.20 Å². The van der Waals surface area contributed by atoms with Gasteiger partial charge < -0.3 is 14.8 Å². The second-order valence-electron chi connectivity index (χ2n) is 6.07. The van der Waals surface area contributed by atoms with Gasteiger partial charge in [0.25, 0.3) is 0 Å². The number of fused-ring (bicyclic) bond motifs is 1. The number of hydrogen-bond donors (Lipinski definition) is 1. The maximum atomic E-state index is 12.0. The van der Waals surface area contributed by atoms with Gasteiger partial charge in [-0.1, -0.05) is 0 Å².